The van der Waals surface area contributed by atoms with Crippen LogP contribution in [0.5, 0.6) is 0 Å². The van der Waals surface area contributed by atoms with Gasteiger partial charge in [0.2, 0.25) is 0 Å². The Balaban J connectivity index is 1.72. The second-order valence-electron chi connectivity index (χ2n) is 5.00. The predicted molar refractivity (Wildman–Crippen MR) is 69.2 cm³/mol. The van der Waals surface area contributed by atoms with Crippen LogP contribution in [0.3, 0.4) is 0 Å². The lowest BCUT2D eigenvalue weighted by Gasteiger charge is -2.33. The fourth-order valence-corrected chi connectivity index (χ4v) is 2.78. The van der Waals surface area contributed by atoms with Crippen LogP contribution in [-0.4, -0.2) is 26.2 Å². The maximum atomic E-state index is 5.46. The Hall–Kier alpha value is -1.06. The number of rotatable bonds is 2. The van der Waals surface area contributed by atoms with Gasteiger partial charge in [-0.2, -0.15) is 0 Å². The van der Waals surface area contributed by atoms with Gasteiger partial charge in [-0.15, -0.1) is 0 Å². The molecule has 2 heterocycles. The van der Waals surface area contributed by atoms with Crippen LogP contribution in [0.1, 0.15) is 24.0 Å². The van der Waals surface area contributed by atoms with Crippen LogP contribution in [0, 0.1) is 0 Å². The minimum Gasteiger partial charge on any atom is -0.372 e. The monoisotopic (exact) mass is 232 g/mol. The zero-order valence-corrected chi connectivity index (χ0v) is 10.4. The van der Waals surface area contributed by atoms with Crippen LogP contribution in [0.25, 0.3) is 0 Å². The molecule has 1 saturated heterocycles. The number of nitrogens with one attached hydrogen (secondary N) is 1. The van der Waals surface area contributed by atoms with Crippen LogP contribution in [0.4, 0.5) is 5.69 Å². The first-order valence-corrected chi connectivity index (χ1v) is 6.48. The van der Waals surface area contributed by atoms with Gasteiger partial charge in [-0.05, 0) is 43.1 Å². The van der Waals surface area contributed by atoms with E-state index in [0.29, 0.717) is 6.04 Å². The summed E-state index contributed by atoms with van der Waals surface area (Å²) < 4.78 is 5.46. The molecule has 0 saturated carbocycles. The molecule has 0 unspecified atom stereocenters. The second-order valence-corrected chi connectivity index (χ2v) is 5.00. The van der Waals surface area contributed by atoms with Gasteiger partial charge in [0, 0.05) is 24.8 Å². The van der Waals surface area contributed by atoms with Gasteiger partial charge >= 0.3 is 0 Å². The smallest absolute Gasteiger partial charge is 0.0725 e. The maximum absolute atomic E-state index is 5.46. The maximum Gasteiger partial charge on any atom is 0.0725 e. The molecule has 3 rings (SSSR count). The van der Waals surface area contributed by atoms with Crippen LogP contribution < -0.4 is 10.2 Å². The van der Waals surface area contributed by atoms with Crippen molar-refractivity contribution in [2.45, 2.75) is 32.1 Å². The van der Waals surface area contributed by atoms with Crippen molar-refractivity contribution in [3.8, 4) is 0 Å². The number of nitrogens with zero attached hydrogens (tertiary/aromatic N) is 1. The molecule has 3 heteroatoms. The molecule has 0 aliphatic carbocycles. The molecule has 1 aromatic rings. The SMILES string of the molecule is CNC1CCN(c2ccc3c(c2)COC3)CC1. The van der Waals surface area contributed by atoms with Crippen LogP contribution >= 0.6 is 0 Å². The molecule has 0 atom stereocenters. The summed E-state index contributed by atoms with van der Waals surface area (Å²) in [4.78, 5) is 2.49. The lowest BCUT2D eigenvalue weighted by molar-refractivity contribution is 0.134. The van der Waals surface area contributed by atoms with Crippen molar-refractivity contribution in [2.24, 2.45) is 0 Å². The molecular weight excluding hydrogens is 212 g/mol. The van der Waals surface area contributed by atoms with E-state index in [-0.39, 0.29) is 0 Å². The average Bonchev–Trinajstić information content (AvgIpc) is 2.86. The van der Waals surface area contributed by atoms with E-state index in [1.807, 2.05) is 0 Å². The highest BCUT2D eigenvalue weighted by Crippen LogP contribution is 2.27. The number of hydrogen-bond donors (Lipinski definition) is 1. The van der Waals surface area contributed by atoms with E-state index in [4.69, 9.17) is 4.74 Å². The van der Waals surface area contributed by atoms with Crippen molar-refractivity contribution >= 4 is 5.69 Å². The Morgan fingerprint density at radius 1 is 1.18 bits per heavy atom. The average molecular weight is 232 g/mol. The van der Waals surface area contributed by atoms with Crippen molar-refractivity contribution in [1.82, 2.24) is 5.32 Å². The third-order valence-electron chi connectivity index (χ3n) is 3.97. The van der Waals surface area contributed by atoms with E-state index in [2.05, 4.69) is 35.5 Å². The molecule has 1 fully saturated rings. The molecule has 0 radical (unpaired) electrons. The van der Waals surface area contributed by atoms with Gasteiger partial charge in [0.05, 0.1) is 13.2 Å². The lowest BCUT2D eigenvalue weighted by Crippen LogP contribution is -2.41. The van der Waals surface area contributed by atoms with Crippen LogP contribution in [-0.2, 0) is 18.0 Å². The van der Waals surface area contributed by atoms with E-state index in [1.54, 1.807) is 0 Å². The Morgan fingerprint density at radius 2 is 1.94 bits per heavy atom. The van der Waals surface area contributed by atoms with Gasteiger partial charge in [-0.3, -0.25) is 0 Å². The topological polar surface area (TPSA) is 24.5 Å². The van der Waals surface area contributed by atoms with Crippen molar-refractivity contribution in [3.63, 3.8) is 0 Å². The van der Waals surface area contributed by atoms with Crippen molar-refractivity contribution in [2.75, 3.05) is 25.0 Å². The second kappa shape index (κ2) is 4.67. The first-order valence-electron chi connectivity index (χ1n) is 6.48. The first kappa shape index (κ1) is 11.1. The quantitative estimate of drug-likeness (QED) is 0.843. The molecule has 0 amide bonds. The lowest BCUT2D eigenvalue weighted by atomic mass is 10.0. The molecule has 17 heavy (non-hydrogen) atoms. The largest absolute Gasteiger partial charge is 0.372 e. The third kappa shape index (κ3) is 2.17. The van der Waals surface area contributed by atoms with Crippen molar-refractivity contribution in [3.05, 3.63) is 29.3 Å². The zero-order valence-electron chi connectivity index (χ0n) is 10.4. The summed E-state index contributed by atoms with van der Waals surface area (Å²) in [6, 6.07) is 7.47. The highest BCUT2D eigenvalue weighted by Gasteiger charge is 2.19. The number of benzene rings is 1. The number of ether oxygens (including phenoxy) is 1. The molecule has 2 aliphatic heterocycles. The Bertz CT molecular complexity index is 397. The highest BCUT2D eigenvalue weighted by atomic mass is 16.5. The summed E-state index contributed by atoms with van der Waals surface area (Å²) in [5.74, 6) is 0. The van der Waals surface area contributed by atoms with Crippen molar-refractivity contribution < 1.29 is 4.74 Å². The molecule has 0 bridgehead atoms. The molecule has 92 valence electrons. The molecule has 0 aromatic heterocycles. The van der Waals surface area contributed by atoms with E-state index < -0.39 is 0 Å². The van der Waals surface area contributed by atoms with Crippen molar-refractivity contribution in [1.29, 1.82) is 0 Å². The van der Waals surface area contributed by atoms with Gasteiger partial charge in [0.25, 0.3) is 0 Å². The van der Waals surface area contributed by atoms with E-state index in [1.165, 1.54) is 29.7 Å². The van der Waals surface area contributed by atoms with E-state index in [9.17, 15) is 0 Å². The molecule has 0 spiro atoms. The number of piperidine rings is 1. The normalized spacial score (nSPS) is 20.6. The third-order valence-corrected chi connectivity index (χ3v) is 3.97. The molecule has 1 N–H and O–H groups in total. The summed E-state index contributed by atoms with van der Waals surface area (Å²) in [5.41, 5.74) is 4.10. The van der Waals surface area contributed by atoms with Gasteiger partial charge < -0.3 is 15.0 Å². The first-order chi connectivity index (χ1) is 8.36. The minimum absolute atomic E-state index is 0.698. The summed E-state index contributed by atoms with van der Waals surface area (Å²) in [5, 5.41) is 3.37. The Kier molecular flexibility index (Phi) is 3.04. The minimum atomic E-state index is 0.698. The highest BCUT2D eigenvalue weighted by molar-refractivity contribution is 5.51. The van der Waals surface area contributed by atoms with Crippen LogP contribution in [0.2, 0.25) is 0 Å². The van der Waals surface area contributed by atoms with Gasteiger partial charge in [0.1, 0.15) is 0 Å². The van der Waals surface area contributed by atoms with Crippen LogP contribution in [0.15, 0.2) is 18.2 Å². The molecular formula is C14H20N2O. The number of anilines is 1. The fourth-order valence-electron chi connectivity index (χ4n) is 2.78. The Morgan fingerprint density at radius 3 is 2.71 bits per heavy atom. The molecule has 2 aliphatic rings. The Labute approximate surface area is 103 Å². The number of hydrogen-bond acceptors (Lipinski definition) is 3. The summed E-state index contributed by atoms with van der Waals surface area (Å²) in [6.07, 6.45) is 2.48. The van der Waals surface area contributed by atoms with E-state index in [0.717, 1.165) is 26.3 Å². The summed E-state index contributed by atoms with van der Waals surface area (Å²) in [7, 11) is 2.06. The molecule has 1 aromatic carbocycles. The standard InChI is InChI=1S/C14H20N2O/c1-15-13-4-6-16(7-5-13)14-3-2-11-9-17-10-12(11)8-14/h2-3,8,13,15H,4-7,9-10H2,1H3. The van der Waals surface area contributed by atoms with Gasteiger partial charge in [-0.1, -0.05) is 6.07 Å². The zero-order chi connectivity index (χ0) is 11.7. The number of fused-ring (bicyclic) bond motifs is 1. The fraction of sp³-hybridized carbons (Fsp3) is 0.571. The van der Waals surface area contributed by atoms with Gasteiger partial charge in [-0.25, -0.2) is 0 Å². The summed E-state index contributed by atoms with van der Waals surface area (Å²) in [6.45, 7) is 3.89. The summed E-state index contributed by atoms with van der Waals surface area (Å²) >= 11 is 0. The van der Waals surface area contributed by atoms with Gasteiger partial charge in [0.15, 0.2) is 0 Å². The van der Waals surface area contributed by atoms with E-state index >= 15 is 0 Å². The molecule has 3 nitrogen and oxygen atoms in total. The predicted octanol–water partition coefficient (Wildman–Crippen LogP) is 1.91.